The fraction of sp³-hybridized carbons (Fsp3) is 0.480. The first-order valence-corrected chi connectivity index (χ1v) is 12.8. The molecule has 2 aromatic carbocycles. The number of carbonyl (C=O) groups is 1. The van der Waals surface area contributed by atoms with Crippen molar-refractivity contribution in [1.82, 2.24) is 9.62 Å². The maximum atomic E-state index is 13.3. The van der Waals surface area contributed by atoms with Gasteiger partial charge in [-0.15, -0.1) is 0 Å². The molecule has 0 saturated carbocycles. The van der Waals surface area contributed by atoms with Crippen molar-refractivity contribution in [2.75, 3.05) is 20.2 Å². The largest absolute Gasteiger partial charge is 0.497 e. The van der Waals surface area contributed by atoms with E-state index in [4.69, 9.17) is 9.47 Å². The van der Waals surface area contributed by atoms with Crippen LogP contribution in [-0.2, 0) is 14.8 Å². The van der Waals surface area contributed by atoms with Crippen LogP contribution < -0.4 is 14.8 Å². The van der Waals surface area contributed by atoms with E-state index in [0.717, 1.165) is 16.9 Å². The molecule has 1 N–H and O–H groups in total. The van der Waals surface area contributed by atoms with Crippen molar-refractivity contribution in [1.29, 1.82) is 0 Å². The molecule has 2 aromatic rings. The third-order valence-corrected chi connectivity index (χ3v) is 8.28. The van der Waals surface area contributed by atoms with Gasteiger partial charge in [-0.25, -0.2) is 8.42 Å². The first-order chi connectivity index (χ1) is 15.6. The molecular weight excluding hydrogens is 440 g/mol. The molecule has 0 spiro atoms. The Morgan fingerprint density at radius 3 is 2.61 bits per heavy atom. The molecule has 2 atom stereocenters. The van der Waals surface area contributed by atoms with E-state index in [2.05, 4.69) is 5.32 Å². The number of nitrogens with zero attached hydrogens (tertiary/aromatic N) is 1. The number of sulfonamides is 1. The number of nitrogens with one attached hydrogen (secondary N) is 1. The quantitative estimate of drug-likeness (QED) is 0.715. The molecule has 178 valence electrons. The molecule has 33 heavy (non-hydrogen) atoms. The summed E-state index contributed by atoms with van der Waals surface area (Å²) in [6.45, 7) is 6.51. The molecule has 1 saturated heterocycles. The highest BCUT2D eigenvalue weighted by atomic mass is 32.2. The molecule has 2 heterocycles. The minimum absolute atomic E-state index is 0.129. The Labute approximate surface area is 196 Å². The molecule has 2 aliphatic heterocycles. The standard InChI is InChI=1S/C25H32N2O5S/c1-17-7-10-20(11-8-17)33(29,30)27-13-5-6-18(16-27)24(28)26-22-15-25(2,3)32-23-12-9-19(31-4)14-21(22)23/h7-12,14,18,22H,5-6,13,15-16H2,1-4H3,(H,26,28). The minimum Gasteiger partial charge on any atom is -0.497 e. The van der Waals surface area contributed by atoms with Gasteiger partial charge in [0.2, 0.25) is 15.9 Å². The fourth-order valence-electron chi connectivity index (χ4n) is 4.61. The van der Waals surface area contributed by atoms with E-state index >= 15 is 0 Å². The van der Waals surface area contributed by atoms with Crippen LogP contribution in [0.15, 0.2) is 47.4 Å². The van der Waals surface area contributed by atoms with Crippen LogP contribution >= 0.6 is 0 Å². The highest BCUT2D eigenvalue weighted by molar-refractivity contribution is 7.89. The van der Waals surface area contributed by atoms with Crippen molar-refractivity contribution in [2.45, 2.75) is 56.6 Å². The van der Waals surface area contributed by atoms with Crippen LogP contribution in [0.1, 0.15) is 50.3 Å². The predicted molar refractivity (Wildman–Crippen MR) is 126 cm³/mol. The van der Waals surface area contributed by atoms with E-state index in [1.165, 1.54) is 4.31 Å². The van der Waals surface area contributed by atoms with Crippen molar-refractivity contribution < 1.29 is 22.7 Å². The molecule has 2 unspecified atom stereocenters. The molecular formula is C25H32N2O5S. The summed E-state index contributed by atoms with van der Waals surface area (Å²) in [4.78, 5) is 13.6. The van der Waals surface area contributed by atoms with Gasteiger partial charge in [-0.1, -0.05) is 17.7 Å². The lowest BCUT2D eigenvalue weighted by Gasteiger charge is -2.39. The lowest BCUT2D eigenvalue weighted by molar-refractivity contribution is -0.127. The zero-order valence-electron chi connectivity index (χ0n) is 19.6. The molecule has 2 aliphatic rings. The topological polar surface area (TPSA) is 84.9 Å². The number of ether oxygens (including phenoxy) is 2. The smallest absolute Gasteiger partial charge is 0.243 e. The molecule has 7 nitrogen and oxygen atoms in total. The second kappa shape index (κ2) is 8.99. The minimum atomic E-state index is -3.64. The Hall–Kier alpha value is -2.58. The number of piperidine rings is 1. The number of amides is 1. The third kappa shape index (κ3) is 5.01. The zero-order chi connectivity index (χ0) is 23.8. The number of aryl methyl sites for hydroxylation is 1. The van der Waals surface area contributed by atoms with Gasteiger partial charge in [0.15, 0.2) is 0 Å². The maximum Gasteiger partial charge on any atom is 0.243 e. The average molecular weight is 473 g/mol. The Balaban J connectivity index is 1.51. The van der Waals surface area contributed by atoms with Crippen LogP contribution in [-0.4, -0.2) is 44.4 Å². The maximum absolute atomic E-state index is 13.3. The monoisotopic (exact) mass is 472 g/mol. The van der Waals surface area contributed by atoms with Crippen molar-refractivity contribution in [2.24, 2.45) is 5.92 Å². The Bertz CT molecular complexity index is 1130. The van der Waals surface area contributed by atoms with Gasteiger partial charge in [0.1, 0.15) is 17.1 Å². The van der Waals surface area contributed by atoms with Crippen LogP contribution in [0.25, 0.3) is 0 Å². The predicted octanol–water partition coefficient (Wildman–Crippen LogP) is 3.82. The highest BCUT2D eigenvalue weighted by Crippen LogP contribution is 2.41. The van der Waals surface area contributed by atoms with Crippen molar-refractivity contribution in [3.05, 3.63) is 53.6 Å². The average Bonchev–Trinajstić information content (AvgIpc) is 2.78. The summed E-state index contributed by atoms with van der Waals surface area (Å²) in [6.07, 6.45) is 1.91. The first kappa shape index (κ1) is 23.6. The van der Waals surface area contributed by atoms with Gasteiger partial charge in [0, 0.05) is 25.1 Å². The van der Waals surface area contributed by atoms with Crippen molar-refractivity contribution in [3.8, 4) is 11.5 Å². The molecule has 1 fully saturated rings. The highest BCUT2D eigenvalue weighted by Gasteiger charge is 2.38. The molecule has 0 radical (unpaired) electrons. The van der Waals surface area contributed by atoms with E-state index in [1.54, 1.807) is 31.4 Å². The summed E-state index contributed by atoms with van der Waals surface area (Å²) in [5.74, 6) is 0.892. The fourth-order valence-corrected chi connectivity index (χ4v) is 6.14. The summed E-state index contributed by atoms with van der Waals surface area (Å²) in [6, 6.07) is 12.2. The van der Waals surface area contributed by atoms with Gasteiger partial charge in [0.05, 0.1) is 24.0 Å². The second-order valence-corrected chi connectivity index (χ2v) is 11.5. The third-order valence-electron chi connectivity index (χ3n) is 6.40. The number of rotatable bonds is 5. The Kier molecular flexibility index (Phi) is 6.42. The van der Waals surface area contributed by atoms with Crippen LogP contribution in [0.3, 0.4) is 0 Å². The molecule has 0 aliphatic carbocycles. The molecule has 0 bridgehead atoms. The molecule has 0 aromatic heterocycles. The van der Waals surface area contributed by atoms with Gasteiger partial charge in [-0.05, 0) is 63.9 Å². The van der Waals surface area contributed by atoms with Gasteiger partial charge >= 0.3 is 0 Å². The van der Waals surface area contributed by atoms with Gasteiger partial charge in [-0.3, -0.25) is 4.79 Å². The Morgan fingerprint density at radius 2 is 1.91 bits per heavy atom. The van der Waals surface area contributed by atoms with Gasteiger partial charge in [0.25, 0.3) is 0 Å². The molecule has 4 rings (SSSR count). The molecule has 8 heteroatoms. The number of carbonyl (C=O) groups excluding carboxylic acids is 1. The lowest BCUT2D eigenvalue weighted by atomic mass is 9.88. The number of hydrogen-bond donors (Lipinski definition) is 1. The SMILES string of the molecule is COc1ccc2c(c1)C(NC(=O)C1CCCN(S(=O)(=O)c3ccc(C)cc3)C1)CC(C)(C)O2. The molecule has 1 amide bonds. The van der Waals surface area contributed by atoms with Crippen LogP contribution in [0.2, 0.25) is 0 Å². The van der Waals surface area contributed by atoms with Crippen molar-refractivity contribution in [3.63, 3.8) is 0 Å². The second-order valence-electron chi connectivity index (χ2n) is 9.55. The normalized spacial score (nSPS) is 22.7. The first-order valence-electron chi connectivity index (χ1n) is 11.3. The summed E-state index contributed by atoms with van der Waals surface area (Å²) < 4.78 is 39.2. The lowest BCUT2D eigenvalue weighted by Crippen LogP contribution is -2.48. The number of benzene rings is 2. The van der Waals surface area contributed by atoms with E-state index in [0.29, 0.717) is 31.6 Å². The number of methoxy groups -OCH3 is 1. The van der Waals surface area contributed by atoms with E-state index < -0.39 is 21.5 Å². The van der Waals surface area contributed by atoms with Crippen LogP contribution in [0, 0.1) is 12.8 Å². The van der Waals surface area contributed by atoms with Gasteiger partial charge < -0.3 is 14.8 Å². The zero-order valence-corrected chi connectivity index (χ0v) is 20.4. The summed E-state index contributed by atoms with van der Waals surface area (Å²) >= 11 is 0. The van der Waals surface area contributed by atoms with Crippen LogP contribution in [0.5, 0.6) is 11.5 Å². The van der Waals surface area contributed by atoms with Crippen LogP contribution in [0.4, 0.5) is 0 Å². The van der Waals surface area contributed by atoms with E-state index in [-0.39, 0.29) is 23.4 Å². The van der Waals surface area contributed by atoms with E-state index in [9.17, 15) is 13.2 Å². The number of fused-ring (bicyclic) bond motifs is 1. The van der Waals surface area contributed by atoms with Crippen molar-refractivity contribution >= 4 is 15.9 Å². The Morgan fingerprint density at radius 1 is 1.18 bits per heavy atom. The summed E-state index contributed by atoms with van der Waals surface area (Å²) in [5.41, 5.74) is 1.44. The summed E-state index contributed by atoms with van der Waals surface area (Å²) in [7, 11) is -2.03. The van der Waals surface area contributed by atoms with E-state index in [1.807, 2.05) is 39.0 Å². The van der Waals surface area contributed by atoms with Gasteiger partial charge in [-0.2, -0.15) is 4.31 Å². The number of hydrogen-bond acceptors (Lipinski definition) is 5. The summed E-state index contributed by atoms with van der Waals surface area (Å²) in [5, 5.41) is 3.17.